The van der Waals surface area contributed by atoms with E-state index >= 15 is 0 Å². The van der Waals surface area contributed by atoms with Gasteiger partial charge in [-0.1, -0.05) is 30.9 Å². The van der Waals surface area contributed by atoms with Crippen molar-refractivity contribution in [1.82, 2.24) is 0 Å². The number of ether oxygens (including phenoxy) is 1. The van der Waals surface area contributed by atoms with Crippen molar-refractivity contribution < 1.29 is 19.1 Å². The van der Waals surface area contributed by atoms with Crippen LogP contribution in [0.2, 0.25) is 0 Å². The number of carbonyl (C=O) groups excluding carboxylic acids is 3. The highest BCUT2D eigenvalue weighted by atomic mass is 35.5. The van der Waals surface area contributed by atoms with Crippen LogP contribution in [-0.2, 0) is 19.1 Å². The third-order valence-electron chi connectivity index (χ3n) is 3.91. The minimum absolute atomic E-state index is 0.0711. The zero-order chi connectivity index (χ0) is 12.5. The highest BCUT2D eigenvalue weighted by Gasteiger charge is 2.55. The average Bonchev–Trinajstić information content (AvgIpc) is 2.28. The Morgan fingerprint density at radius 3 is 2.06 bits per heavy atom. The molecule has 0 saturated heterocycles. The largest absolute Gasteiger partial charge is 0.430 e. The van der Waals surface area contributed by atoms with Gasteiger partial charge in [-0.15, -0.1) is 0 Å². The predicted octanol–water partition coefficient (Wildman–Crippen LogP) is 1.98. The summed E-state index contributed by atoms with van der Waals surface area (Å²) in [5, 5.41) is -2.05. The van der Waals surface area contributed by atoms with Gasteiger partial charge in [0, 0.05) is 12.8 Å². The molecule has 2 saturated carbocycles. The Kier molecular flexibility index (Phi) is 3.25. The average molecular weight is 259 g/mol. The summed E-state index contributed by atoms with van der Waals surface area (Å²) in [6, 6.07) is 0. The van der Waals surface area contributed by atoms with E-state index in [0.717, 1.165) is 32.1 Å². The molecule has 0 aromatic rings. The summed E-state index contributed by atoms with van der Waals surface area (Å²) in [6.07, 6.45) is 5.51. The SMILES string of the molecule is O=COC1(Cl)C(=O)CC2(CCCCC2)CC1=O. The van der Waals surface area contributed by atoms with E-state index in [1.165, 1.54) is 0 Å². The number of Topliss-reactive ketones (excluding diaryl/α,β-unsaturated/α-hetero) is 2. The summed E-state index contributed by atoms with van der Waals surface area (Å²) >= 11 is 5.83. The lowest BCUT2D eigenvalue weighted by molar-refractivity contribution is -0.162. The molecule has 0 heterocycles. The Morgan fingerprint density at radius 1 is 1.06 bits per heavy atom. The molecule has 0 aromatic heterocycles. The minimum atomic E-state index is -2.05. The number of alkyl halides is 1. The third kappa shape index (κ3) is 2.10. The summed E-state index contributed by atoms with van der Waals surface area (Å²) < 4.78 is 4.51. The number of hydrogen-bond acceptors (Lipinski definition) is 4. The molecule has 0 radical (unpaired) electrons. The maximum Gasteiger partial charge on any atom is 0.301 e. The van der Waals surface area contributed by atoms with Gasteiger partial charge in [-0.3, -0.25) is 14.4 Å². The van der Waals surface area contributed by atoms with Crippen LogP contribution in [0.3, 0.4) is 0 Å². The van der Waals surface area contributed by atoms with E-state index in [0.29, 0.717) is 0 Å². The number of halogens is 1. The van der Waals surface area contributed by atoms with Gasteiger partial charge in [-0.25, -0.2) is 0 Å². The maximum atomic E-state index is 12.0. The molecule has 17 heavy (non-hydrogen) atoms. The molecular formula is C12H15ClO4. The molecule has 0 bridgehead atoms. The van der Waals surface area contributed by atoms with Crippen molar-refractivity contribution in [3.63, 3.8) is 0 Å². The van der Waals surface area contributed by atoms with Crippen molar-refractivity contribution in [2.24, 2.45) is 5.41 Å². The van der Waals surface area contributed by atoms with Crippen LogP contribution in [0, 0.1) is 5.41 Å². The van der Waals surface area contributed by atoms with Crippen LogP contribution in [0.4, 0.5) is 0 Å². The van der Waals surface area contributed by atoms with E-state index in [-0.39, 0.29) is 24.7 Å². The van der Waals surface area contributed by atoms with E-state index in [1.54, 1.807) is 0 Å². The van der Waals surface area contributed by atoms with Crippen molar-refractivity contribution in [1.29, 1.82) is 0 Å². The number of carbonyl (C=O) groups is 3. The maximum absolute atomic E-state index is 12.0. The molecular weight excluding hydrogens is 244 g/mol. The molecule has 0 atom stereocenters. The molecule has 2 aliphatic carbocycles. The number of rotatable bonds is 2. The summed E-state index contributed by atoms with van der Waals surface area (Å²) in [5.74, 6) is -0.936. The predicted molar refractivity (Wildman–Crippen MR) is 60.5 cm³/mol. The summed E-state index contributed by atoms with van der Waals surface area (Å²) in [7, 11) is 0. The van der Waals surface area contributed by atoms with Gasteiger partial charge in [-0.2, -0.15) is 0 Å². The fourth-order valence-corrected chi connectivity index (χ4v) is 3.15. The minimum Gasteiger partial charge on any atom is -0.430 e. The Bertz CT molecular complexity index is 338. The van der Waals surface area contributed by atoms with Gasteiger partial charge in [0.15, 0.2) is 0 Å². The normalized spacial score (nSPS) is 26.9. The monoisotopic (exact) mass is 258 g/mol. The quantitative estimate of drug-likeness (QED) is 0.432. The summed E-state index contributed by atoms with van der Waals surface area (Å²) in [6.45, 7) is 0.0711. The smallest absolute Gasteiger partial charge is 0.301 e. The fourth-order valence-electron chi connectivity index (χ4n) is 2.98. The molecule has 4 nitrogen and oxygen atoms in total. The molecule has 0 aromatic carbocycles. The lowest BCUT2D eigenvalue weighted by atomic mass is 9.64. The van der Waals surface area contributed by atoms with Gasteiger partial charge in [-0.05, 0) is 18.3 Å². The van der Waals surface area contributed by atoms with Crippen LogP contribution >= 0.6 is 11.6 Å². The molecule has 2 aliphatic rings. The van der Waals surface area contributed by atoms with E-state index in [1.807, 2.05) is 0 Å². The molecule has 2 fully saturated rings. The van der Waals surface area contributed by atoms with Gasteiger partial charge in [0.2, 0.25) is 11.6 Å². The second-order valence-corrected chi connectivity index (χ2v) is 5.60. The van der Waals surface area contributed by atoms with Crippen molar-refractivity contribution in [3.05, 3.63) is 0 Å². The lowest BCUT2D eigenvalue weighted by Gasteiger charge is -2.42. The Balaban J connectivity index is 2.20. The van der Waals surface area contributed by atoms with Gasteiger partial charge in [0.25, 0.3) is 6.47 Å². The van der Waals surface area contributed by atoms with Crippen LogP contribution in [0.5, 0.6) is 0 Å². The van der Waals surface area contributed by atoms with Crippen molar-refractivity contribution in [2.75, 3.05) is 0 Å². The van der Waals surface area contributed by atoms with Gasteiger partial charge in [0.05, 0.1) is 0 Å². The van der Waals surface area contributed by atoms with Crippen LogP contribution in [0.25, 0.3) is 0 Å². The molecule has 0 aliphatic heterocycles. The Morgan fingerprint density at radius 2 is 1.59 bits per heavy atom. The molecule has 0 amide bonds. The zero-order valence-electron chi connectivity index (χ0n) is 9.54. The standard InChI is InChI=1S/C12H15ClO4/c13-12(17-8-14)9(15)6-11(7-10(12)16)4-2-1-3-5-11/h8H,1-7H2. The molecule has 0 N–H and O–H groups in total. The first kappa shape index (κ1) is 12.6. The second-order valence-electron chi connectivity index (χ2n) is 5.07. The lowest BCUT2D eigenvalue weighted by Crippen LogP contribution is -2.52. The second kappa shape index (κ2) is 4.41. The van der Waals surface area contributed by atoms with Crippen LogP contribution in [0.15, 0.2) is 0 Å². The Hall–Kier alpha value is -0.900. The molecule has 5 heteroatoms. The van der Waals surface area contributed by atoms with E-state index in [2.05, 4.69) is 4.74 Å². The number of hydrogen-bond donors (Lipinski definition) is 0. The Labute approximate surface area is 105 Å². The van der Waals surface area contributed by atoms with Crippen LogP contribution in [0.1, 0.15) is 44.9 Å². The first-order valence-electron chi connectivity index (χ1n) is 5.89. The molecule has 94 valence electrons. The summed E-state index contributed by atoms with van der Waals surface area (Å²) in [4.78, 5) is 34.2. The van der Waals surface area contributed by atoms with Crippen molar-refractivity contribution >= 4 is 29.6 Å². The molecule has 1 spiro atoms. The first-order valence-corrected chi connectivity index (χ1v) is 6.27. The summed E-state index contributed by atoms with van der Waals surface area (Å²) in [5.41, 5.74) is -0.225. The zero-order valence-corrected chi connectivity index (χ0v) is 10.3. The molecule has 2 rings (SSSR count). The van der Waals surface area contributed by atoms with E-state index < -0.39 is 16.6 Å². The molecule has 0 unspecified atom stereocenters. The first-order chi connectivity index (χ1) is 8.02. The third-order valence-corrected chi connectivity index (χ3v) is 4.42. The van der Waals surface area contributed by atoms with Gasteiger partial charge in [0.1, 0.15) is 0 Å². The van der Waals surface area contributed by atoms with E-state index in [4.69, 9.17) is 11.6 Å². The highest BCUT2D eigenvalue weighted by molar-refractivity contribution is 6.46. The van der Waals surface area contributed by atoms with Gasteiger partial charge < -0.3 is 4.74 Å². The van der Waals surface area contributed by atoms with Crippen LogP contribution < -0.4 is 0 Å². The van der Waals surface area contributed by atoms with Crippen molar-refractivity contribution in [3.8, 4) is 0 Å². The van der Waals surface area contributed by atoms with E-state index in [9.17, 15) is 14.4 Å². The topological polar surface area (TPSA) is 60.4 Å². The highest BCUT2D eigenvalue weighted by Crippen LogP contribution is 2.48. The number of ketones is 2. The van der Waals surface area contributed by atoms with Crippen molar-refractivity contribution in [2.45, 2.75) is 50.0 Å². The fraction of sp³-hybridized carbons (Fsp3) is 0.750. The van der Waals surface area contributed by atoms with Gasteiger partial charge >= 0.3 is 5.06 Å². The van der Waals surface area contributed by atoms with Crippen LogP contribution in [-0.4, -0.2) is 23.1 Å².